The van der Waals surface area contributed by atoms with Crippen LogP contribution >= 0.6 is 0 Å². The van der Waals surface area contributed by atoms with Gasteiger partial charge in [-0.15, -0.1) is 0 Å². The van der Waals surface area contributed by atoms with Crippen molar-refractivity contribution in [3.05, 3.63) is 17.7 Å². The standard InChI is InChI=1S/C26H34F2N6O/c1-35-23-18-21-22(17-19(23)5-4-14-33-12-2-3-13-33)31-25(34-15-8-26(27,28)9-16-34)32-24(21)30-20-6-10-29-11-7-20/h17-18,20,29H,2-3,6-16H2,1H3,(H,30,31,32). The maximum atomic E-state index is 13.8. The Labute approximate surface area is 205 Å². The van der Waals surface area contributed by atoms with Crippen molar-refractivity contribution < 1.29 is 13.5 Å². The van der Waals surface area contributed by atoms with Crippen LogP contribution in [0.2, 0.25) is 0 Å². The molecule has 4 heterocycles. The Hall–Kier alpha value is -2.70. The van der Waals surface area contributed by atoms with Gasteiger partial charge in [0, 0.05) is 37.4 Å². The molecule has 3 aliphatic heterocycles. The van der Waals surface area contributed by atoms with Crippen LogP contribution in [-0.4, -0.2) is 79.8 Å². The molecular formula is C26H34F2N6O. The number of alkyl halides is 2. The zero-order valence-electron chi connectivity index (χ0n) is 20.4. The average molecular weight is 485 g/mol. The molecule has 7 nitrogen and oxygen atoms in total. The minimum atomic E-state index is -2.62. The summed E-state index contributed by atoms with van der Waals surface area (Å²) in [5.74, 6) is 5.85. The Morgan fingerprint density at radius 2 is 1.86 bits per heavy atom. The highest BCUT2D eigenvalue weighted by molar-refractivity contribution is 5.93. The van der Waals surface area contributed by atoms with E-state index in [1.807, 2.05) is 17.0 Å². The number of nitrogens with one attached hydrogen (secondary N) is 2. The van der Waals surface area contributed by atoms with E-state index in [0.717, 1.165) is 67.8 Å². The smallest absolute Gasteiger partial charge is 0.251 e. The fourth-order valence-electron chi connectivity index (χ4n) is 5.04. The van der Waals surface area contributed by atoms with Gasteiger partial charge >= 0.3 is 0 Å². The summed E-state index contributed by atoms with van der Waals surface area (Å²) in [5.41, 5.74) is 1.52. The van der Waals surface area contributed by atoms with Crippen LogP contribution in [0.3, 0.4) is 0 Å². The number of rotatable bonds is 5. The largest absolute Gasteiger partial charge is 0.495 e. The number of nitrogens with zero attached hydrogens (tertiary/aromatic N) is 4. The number of benzene rings is 1. The quantitative estimate of drug-likeness (QED) is 0.630. The van der Waals surface area contributed by atoms with Crippen LogP contribution in [0.25, 0.3) is 10.9 Å². The number of fused-ring (bicyclic) bond motifs is 1. The van der Waals surface area contributed by atoms with E-state index in [0.29, 0.717) is 17.7 Å². The third-order valence-corrected chi connectivity index (χ3v) is 7.19. The molecule has 3 aliphatic rings. The van der Waals surface area contributed by atoms with Crippen LogP contribution in [0.15, 0.2) is 12.1 Å². The lowest BCUT2D eigenvalue weighted by Crippen LogP contribution is -2.40. The fourth-order valence-corrected chi connectivity index (χ4v) is 5.04. The number of ether oxygens (including phenoxy) is 1. The summed E-state index contributed by atoms with van der Waals surface area (Å²) in [6.45, 7) is 5.32. The Bertz CT molecular complexity index is 1090. The molecule has 0 radical (unpaired) electrons. The summed E-state index contributed by atoms with van der Waals surface area (Å²) in [7, 11) is 1.65. The molecule has 3 fully saturated rings. The van der Waals surface area contributed by atoms with E-state index in [9.17, 15) is 8.78 Å². The van der Waals surface area contributed by atoms with E-state index in [1.54, 1.807) is 7.11 Å². The van der Waals surface area contributed by atoms with Crippen LogP contribution in [0, 0.1) is 11.8 Å². The van der Waals surface area contributed by atoms with Gasteiger partial charge in [-0.3, -0.25) is 4.90 Å². The van der Waals surface area contributed by atoms with Gasteiger partial charge in [0.2, 0.25) is 5.95 Å². The summed E-state index contributed by atoms with van der Waals surface area (Å²) >= 11 is 0. The average Bonchev–Trinajstić information content (AvgIpc) is 3.38. The first-order chi connectivity index (χ1) is 17.0. The predicted octanol–water partition coefficient (Wildman–Crippen LogP) is 3.49. The van der Waals surface area contributed by atoms with Gasteiger partial charge in [0.05, 0.1) is 24.7 Å². The molecule has 2 N–H and O–H groups in total. The third kappa shape index (κ3) is 5.76. The molecule has 1 aromatic heterocycles. The van der Waals surface area contributed by atoms with Gasteiger partial charge in [0.25, 0.3) is 5.92 Å². The number of aromatic nitrogens is 2. The van der Waals surface area contributed by atoms with Gasteiger partial charge in [0.15, 0.2) is 0 Å². The summed E-state index contributed by atoms with van der Waals surface area (Å²) in [5, 5.41) is 7.85. The number of hydrogen-bond donors (Lipinski definition) is 2. The van der Waals surface area contributed by atoms with Crippen molar-refractivity contribution in [2.75, 3.05) is 63.1 Å². The Kier molecular flexibility index (Phi) is 7.21. The number of halogens is 2. The molecule has 0 spiro atoms. The van der Waals surface area contributed by atoms with E-state index < -0.39 is 5.92 Å². The molecule has 188 valence electrons. The molecule has 0 amide bonds. The number of methoxy groups -OCH3 is 1. The normalized spacial score (nSPS) is 21.1. The Morgan fingerprint density at radius 3 is 2.57 bits per heavy atom. The SMILES string of the molecule is COc1cc2c(NC3CCNCC3)nc(N3CCC(F)(F)CC3)nc2cc1C#CCN1CCCC1. The van der Waals surface area contributed by atoms with Crippen molar-refractivity contribution in [3.63, 3.8) is 0 Å². The van der Waals surface area contributed by atoms with Crippen LogP contribution in [0.1, 0.15) is 44.1 Å². The Morgan fingerprint density at radius 1 is 1.11 bits per heavy atom. The fraction of sp³-hybridized carbons (Fsp3) is 0.615. The maximum absolute atomic E-state index is 13.8. The number of anilines is 2. The molecule has 2 aromatic rings. The molecule has 0 bridgehead atoms. The zero-order valence-corrected chi connectivity index (χ0v) is 20.4. The second-order valence-electron chi connectivity index (χ2n) is 9.74. The van der Waals surface area contributed by atoms with E-state index in [2.05, 4.69) is 27.4 Å². The summed E-state index contributed by atoms with van der Waals surface area (Å²) < 4.78 is 33.3. The van der Waals surface area contributed by atoms with Crippen molar-refractivity contribution in [1.29, 1.82) is 0 Å². The highest BCUT2D eigenvalue weighted by Crippen LogP contribution is 2.34. The molecule has 0 saturated carbocycles. The highest BCUT2D eigenvalue weighted by Gasteiger charge is 2.35. The summed E-state index contributed by atoms with van der Waals surface area (Å²) in [6, 6.07) is 4.19. The first kappa shape index (κ1) is 24.0. The summed E-state index contributed by atoms with van der Waals surface area (Å²) in [6.07, 6.45) is 4.09. The molecule has 0 aliphatic carbocycles. The lowest BCUT2D eigenvalue weighted by molar-refractivity contribution is -0.0222. The minimum absolute atomic E-state index is 0.179. The molecule has 35 heavy (non-hydrogen) atoms. The number of hydrogen-bond acceptors (Lipinski definition) is 7. The zero-order chi connectivity index (χ0) is 24.3. The minimum Gasteiger partial charge on any atom is -0.495 e. The van der Waals surface area contributed by atoms with Crippen molar-refractivity contribution in [2.45, 2.75) is 50.5 Å². The van der Waals surface area contributed by atoms with Crippen LogP contribution < -0.4 is 20.3 Å². The van der Waals surface area contributed by atoms with Crippen molar-refractivity contribution >= 4 is 22.7 Å². The molecule has 1 aromatic carbocycles. The predicted molar refractivity (Wildman–Crippen MR) is 135 cm³/mol. The number of likely N-dealkylation sites (tertiary alicyclic amines) is 1. The molecular weight excluding hydrogens is 450 g/mol. The van der Waals surface area contributed by atoms with Gasteiger partial charge in [0.1, 0.15) is 11.6 Å². The van der Waals surface area contributed by atoms with Crippen LogP contribution in [0.5, 0.6) is 5.75 Å². The van der Waals surface area contributed by atoms with E-state index in [1.165, 1.54) is 12.8 Å². The first-order valence-electron chi connectivity index (χ1n) is 12.7. The van der Waals surface area contributed by atoms with Crippen LogP contribution in [0.4, 0.5) is 20.5 Å². The highest BCUT2D eigenvalue weighted by atomic mass is 19.3. The molecule has 5 rings (SSSR count). The van der Waals surface area contributed by atoms with Crippen molar-refractivity contribution in [1.82, 2.24) is 20.2 Å². The van der Waals surface area contributed by atoms with Gasteiger partial charge < -0.3 is 20.3 Å². The number of piperidine rings is 2. The molecule has 0 atom stereocenters. The topological polar surface area (TPSA) is 65.5 Å². The maximum Gasteiger partial charge on any atom is 0.251 e. The summed E-state index contributed by atoms with van der Waals surface area (Å²) in [4.78, 5) is 13.9. The van der Waals surface area contributed by atoms with Gasteiger partial charge in [-0.2, -0.15) is 4.98 Å². The Balaban J connectivity index is 1.50. The lowest BCUT2D eigenvalue weighted by atomic mass is 10.1. The molecule has 9 heteroatoms. The van der Waals surface area contributed by atoms with Crippen molar-refractivity contribution in [2.24, 2.45) is 0 Å². The van der Waals surface area contributed by atoms with Crippen molar-refractivity contribution in [3.8, 4) is 17.6 Å². The van der Waals surface area contributed by atoms with E-state index in [4.69, 9.17) is 14.7 Å². The second kappa shape index (κ2) is 10.5. The molecule has 3 saturated heterocycles. The monoisotopic (exact) mass is 484 g/mol. The molecule has 0 unspecified atom stereocenters. The van der Waals surface area contributed by atoms with E-state index in [-0.39, 0.29) is 25.9 Å². The van der Waals surface area contributed by atoms with Crippen LogP contribution in [-0.2, 0) is 0 Å². The lowest BCUT2D eigenvalue weighted by Gasteiger charge is -2.32. The van der Waals surface area contributed by atoms with Gasteiger partial charge in [-0.05, 0) is 64.0 Å². The van der Waals surface area contributed by atoms with E-state index >= 15 is 0 Å². The third-order valence-electron chi connectivity index (χ3n) is 7.19. The van der Waals surface area contributed by atoms with Gasteiger partial charge in [-0.1, -0.05) is 11.8 Å². The van der Waals surface area contributed by atoms with Gasteiger partial charge in [-0.25, -0.2) is 13.8 Å². The second-order valence-corrected chi connectivity index (χ2v) is 9.74. The first-order valence-corrected chi connectivity index (χ1v) is 12.7.